The molecule has 142 valence electrons. The van der Waals surface area contributed by atoms with E-state index in [9.17, 15) is 9.59 Å². The number of hydrogen-bond donors (Lipinski definition) is 2. The normalized spacial score (nSPS) is 22.4. The summed E-state index contributed by atoms with van der Waals surface area (Å²) >= 11 is 0. The number of amides is 2. The Morgan fingerprint density at radius 1 is 1.19 bits per heavy atom. The third-order valence-corrected chi connectivity index (χ3v) is 5.20. The van der Waals surface area contributed by atoms with E-state index in [0.717, 1.165) is 36.6 Å². The van der Waals surface area contributed by atoms with E-state index in [1.165, 1.54) is 6.26 Å². The van der Waals surface area contributed by atoms with E-state index < -0.39 is 0 Å². The van der Waals surface area contributed by atoms with Crippen LogP contribution in [-0.2, 0) is 4.79 Å². The van der Waals surface area contributed by atoms with Gasteiger partial charge < -0.3 is 24.9 Å². The maximum Gasteiger partial charge on any atom is 0.294 e. The fraction of sp³-hybridized carbons (Fsp3) is 0.400. The summed E-state index contributed by atoms with van der Waals surface area (Å²) in [6.07, 6.45) is 1.50. The molecule has 3 heterocycles. The van der Waals surface area contributed by atoms with E-state index in [1.807, 2.05) is 25.1 Å². The molecule has 1 aromatic carbocycles. The highest BCUT2D eigenvalue weighted by atomic mass is 16.3. The molecule has 2 amide bonds. The predicted octanol–water partition coefficient (Wildman–Crippen LogP) is 1.92. The molecule has 1 fully saturated rings. The lowest BCUT2D eigenvalue weighted by Crippen LogP contribution is -2.51. The van der Waals surface area contributed by atoms with Crippen LogP contribution in [0.4, 0.5) is 11.4 Å². The fourth-order valence-corrected chi connectivity index (χ4v) is 3.95. The zero-order valence-corrected chi connectivity index (χ0v) is 15.6. The number of nitrogens with zero attached hydrogens (tertiary/aromatic N) is 2. The average Bonchev–Trinajstić information content (AvgIpc) is 3.21. The molecule has 0 aliphatic carbocycles. The molecule has 0 radical (unpaired) electrons. The summed E-state index contributed by atoms with van der Waals surface area (Å²) < 4.78 is 5.33. The Morgan fingerprint density at radius 2 is 2.04 bits per heavy atom. The van der Waals surface area contributed by atoms with Crippen molar-refractivity contribution < 1.29 is 14.0 Å². The average molecular weight is 368 g/mol. The Labute approximate surface area is 158 Å². The SMILES string of the molecule is CC(=O)N1c2ccc(C3CNCCN3)cc2N(C(=O)c2ccco2)C[C@@H]1C. The summed E-state index contributed by atoms with van der Waals surface area (Å²) in [5.41, 5.74) is 2.60. The summed E-state index contributed by atoms with van der Waals surface area (Å²) in [5, 5.41) is 6.87. The van der Waals surface area contributed by atoms with Gasteiger partial charge in [0.1, 0.15) is 0 Å². The van der Waals surface area contributed by atoms with Crippen LogP contribution in [0.15, 0.2) is 41.0 Å². The second-order valence-electron chi connectivity index (χ2n) is 7.09. The molecular weight excluding hydrogens is 344 g/mol. The van der Waals surface area contributed by atoms with Gasteiger partial charge in [0.05, 0.1) is 23.7 Å². The molecule has 4 rings (SSSR count). The van der Waals surface area contributed by atoms with Crippen molar-refractivity contribution in [3.63, 3.8) is 0 Å². The lowest BCUT2D eigenvalue weighted by molar-refractivity contribution is -0.117. The summed E-state index contributed by atoms with van der Waals surface area (Å²) in [6, 6.07) is 9.43. The Hall–Kier alpha value is -2.64. The van der Waals surface area contributed by atoms with Crippen molar-refractivity contribution in [3.05, 3.63) is 47.9 Å². The van der Waals surface area contributed by atoms with Gasteiger partial charge in [-0.05, 0) is 36.8 Å². The first-order valence-electron chi connectivity index (χ1n) is 9.29. The van der Waals surface area contributed by atoms with Gasteiger partial charge in [-0.3, -0.25) is 9.59 Å². The molecule has 1 aromatic heterocycles. The van der Waals surface area contributed by atoms with E-state index in [-0.39, 0.29) is 23.9 Å². The van der Waals surface area contributed by atoms with E-state index in [1.54, 1.807) is 28.9 Å². The van der Waals surface area contributed by atoms with Gasteiger partial charge in [0.25, 0.3) is 5.91 Å². The van der Waals surface area contributed by atoms with Gasteiger partial charge in [-0.1, -0.05) is 6.07 Å². The topological polar surface area (TPSA) is 77.8 Å². The number of anilines is 2. The molecule has 1 saturated heterocycles. The number of nitrogens with one attached hydrogen (secondary N) is 2. The summed E-state index contributed by atoms with van der Waals surface area (Å²) in [5.74, 6) is 0.0783. The molecule has 1 unspecified atom stereocenters. The van der Waals surface area contributed by atoms with Crippen molar-refractivity contribution in [2.24, 2.45) is 0 Å². The molecule has 0 spiro atoms. The van der Waals surface area contributed by atoms with Crippen LogP contribution in [-0.4, -0.2) is 44.0 Å². The first kappa shape index (κ1) is 17.8. The zero-order valence-electron chi connectivity index (χ0n) is 15.6. The van der Waals surface area contributed by atoms with E-state index in [0.29, 0.717) is 12.3 Å². The molecule has 2 N–H and O–H groups in total. The summed E-state index contributed by atoms with van der Waals surface area (Å²) in [4.78, 5) is 28.8. The third-order valence-electron chi connectivity index (χ3n) is 5.20. The Bertz CT molecular complexity index is 843. The molecular formula is C20H24N4O3. The van der Waals surface area contributed by atoms with Gasteiger partial charge in [0.2, 0.25) is 5.91 Å². The first-order chi connectivity index (χ1) is 13.1. The second-order valence-corrected chi connectivity index (χ2v) is 7.09. The van der Waals surface area contributed by atoms with Crippen LogP contribution in [0.1, 0.15) is 36.0 Å². The molecule has 2 aliphatic heterocycles. The summed E-state index contributed by atoms with van der Waals surface area (Å²) in [7, 11) is 0. The van der Waals surface area contributed by atoms with Crippen LogP contribution < -0.4 is 20.4 Å². The van der Waals surface area contributed by atoms with Gasteiger partial charge in [-0.2, -0.15) is 0 Å². The number of benzene rings is 1. The number of furan rings is 1. The van der Waals surface area contributed by atoms with Crippen LogP contribution in [0.2, 0.25) is 0 Å². The highest BCUT2D eigenvalue weighted by Crippen LogP contribution is 2.38. The lowest BCUT2D eigenvalue weighted by Gasteiger charge is -2.41. The quantitative estimate of drug-likeness (QED) is 0.847. The lowest BCUT2D eigenvalue weighted by atomic mass is 10.00. The maximum atomic E-state index is 13.0. The standard InChI is InChI=1S/C20H24N4O3/c1-13-12-23(20(26)19-4-3-9-27-19)18-10-15(16-11-21-7-8-22-16)5-6-17(18)24(13)14(2)25/h3-6,9-10,13,16,21-22H,7-8,11-12H2,1-2H3/t13-,16?/m0/s1. The van der Waals surface area contributed by atoms with E-state index >= 15 is 0 Å². The molecule has 0 bridgehead atoms. The van der Waals surface area contributed by atoms with Crippen molar-refractivity contribution in [1.29, 1.82) is 0 Å². The molecule has 2 atom stereocenters. The van der Waals surface area contributed by atoms with Gasteiger partial charge in [0.15, 0.2) is 5.76 Å². The third kappa shape index (κ3) is 3.24. The monoisotopic (exact) mass is 368 g/mol. The van der Waals surface area contributed by atoms with Crippen LogP contribution in [0.5, 0.6) is 0 Å². The fourth-order valence-electron chi connectivity index (χ4n) is 3.95. The Kier molecular flexibility index (Phi) is 4.72. The first-order valence-corrected chi connectivity index (χ1v) is 9.29. The Morgan fingerprint density at radius 3 is 2.70 bits per heavy atom. The van der Waals surface area contributed by atoms with Crippen molar-refractivity contribution in [3.8, 4) is 0 Å². The minimum atomic E-state index is -0.191. The molecule has 7 heteroatoms. The maximum absolute atomic E-state index is 13.0. The van der Waals surface area contributed by atoms with E-state index in [4.69, 9.17) is 4.42 Å². The molecule has 2 aromatic rings. The van der Waals surface area contributed by atoms with Crippen LogP contribution in [0.25, 0.3) is 0 Å². The number of fused-ring (bicyclic) bond motifs is 1. The molecule has 7 nitrogen and oxygen atoms in total. The smallest absolute Gasteiger partial charge is 0.294 e. The minimum absolute atomic E-state index is 0.0287. The predicted molar refractivity (Wildman–Crippen MR) is 103 cm³/mol. The van der Waals surface area contributed by atoms with Gasteiger partial charge in [-0.15, -0.1) is 0 Å². The van der Waals surface area contributed by atoms with Gasteiger partial charge in [-0.25, -0.2) is 0 Å². The number of carbonyl (C=O) groups is 2. The zero-order chi connectivity index (χ0) is 19.0. The molecule has 27 heavy (non-hydrogen) atoms. The second kappa shape index (κ2) is 7.17. The van der Waals surface area contributed by atoms with Crippen molar-refractivity contribution in [1.82, 2.24) is 10.6 Å². The largest absolute Gasteiger partial charge is 0.459 e. The molecule has 0 saturated carbocycles. The highest BCUT2D eigenvalue weighted by molar-refractivity contribution is 6.09. The minimum Gasteiger partial charge on any atom is -0.459 e. The van der Waals surface area contributed by atoms with Crippen LogP contribution in [0, 0.1) is 0 Å². The van der Waals surface area contributed by atoms with Crippen LogP contribution >= 0.6 is 0 Å². The van der Waals surface area contributed by atoms with Crippen LogP contribution in [0.3, 0.4) is 0 Å². The Balaban J connectivity index is 1.77. The highest BCUT2D eigenvalue weighted by Gasteiger charge is 2.35. The number of hydrogen-bond acceptors (Lipinski definition) is 5. The number of piperazine rings is 1. The number of carbonyl (C=O) groups excluding carboxylic acids is 2. The number of rotatable bonds is 2. The van der Waals surface area contributed by atoms with Crippen molar-refractivity contribution >= 4 is 23.2 Å². The molecule has 2 aliphatic rings. The van der Waals surface area contributed by atoms with Crippen molar-refractivity contribution in [2.75, 3.05) is 36.0 Å². The van der Waals surface area contributed by atoms with Gasteiger partial charge in [0, 0.05) is 39.1 Å². The summed E-state index contributed by atoms with van der Waals surface area (Å²) in [6.45, 7) is 6.61. The van der Waals surface area contributed by atoms with Crippen molar-refractivity contribution in [2.45, 2.75) is 25.9 Å². The van der Waals surface area contributed by atoms with Gasteiger partial charge >= 0.3 is 0 Å². The van der Waals surface area contributed by atoms with E-state index in [2.05, 4.69) is 10.6 Å².